The Hall–Kier alpha value is -1.11. The van der Waals surface area contributed by atoms with Crippen LogP contribution >= 0.6 is 0 Å². The zero-order valence-electron chi connectivity index (χ0n) is 12.0. The number of hydrogen-bond acceptors (Lipinski definition) is 4. The molecule has 0 aromatic heterocycles. The van der Waals surface area contributed by atoms with Gasteiger partial charge in [-0.05, 0) is 49.8 Å². The second-order valence-corrected chi connectivity index (χ2v) is 7.33. The largest absolute Gasteiger partial charge is 0.398 e. The molecule has 1 aliphatic rings. The first kappa shape index (κ1) is 15.3. The summed E-state index contributed by atoms with van der Waals surface area (Å²) >= 11 is 0. The number of hydrogen-bond donors (Lipinski definition) is 2. The summed E-state index contributed by atoms with van der Waals surface area (Å²) < 4.78 is 27.1. The predicted octanol–water partition coefficient (Wildman–Crippen LogP) is 1.28. The van der Waals surface area contributed by atoms with Crippen molar-refractivity contribution in [2.45, 2.75) is 31.6 Å². The number of rotatable bonds is 4. The van der Waals surface area contributed by atoms with Crippen LogP contribution in [0.1, 0.15) is 24.0 Å². The Morgan fingerprint density at radius 3 is 2.75 bits per heavy atom. The fourth-order valence-electron chi connectivity index (χ4n) is 2.80. The third kappa shape index (κ3) is 2.68. The van der Waals surface area contributed by atoms with E-state index in [1.165, 1.54) is 4.31 Å². The van der Waals surface area contributed by atoms with Gasteiger partial charge in [-0.3, -0.25) is 0 Å². The molecule has 0 amide bonds. The normalized spacial score (nSPS) is 20.4. The molecule has 1 fully saturated rings. The van der Waals surface area contributed by atoms with Gasteiger partial charge in [-0.1, -0.05) is 6.07 Å². The van der Waals surface area contributed by atoms with E-state index < -0.39 is 10.0 Å². The smallest absolute Gasteiger partial charge is 0.243 e. The molecular weight excluding hydrogens is 276 g/mol. The minimum Gasteiger partial charge on any atom is -0.398 e. The highest BCUT2D eigenvalue weighted by Gasteiger charge is 2.34. The van der Waals surface area contributed by atoms with Crippen LogP contribution in [0.3, 0.4) is 0 Å². The van der Waals surface area contributed by atoms with Crippen molar-refractivity contribution in [3.05, 3.63) is 23.3 Å². The fourth-order valence-corrected chi connectivity index (χ4v) is 4.79. The van der Waals surface area contributed by atoms with Gasteiger partial charge in [0.1, 0.15) is 0 Å². The molecule has 0 radical (unpaired) electrons. The quantitative estimate of drug-likeness (QED) is 0.820. The van der Waals surface area contributed by atoms with Gasteiger partial charge >= 0.3 is 0 Å². The molecule has 1 aliphatic heterocycles. The number of aliphatic hydroxyl groups excluding tert-OH is 1. The van der Waals surface area contributed by atoms with Gasteiger partial charge in [-0.2, -0.15) is 4.31 Å². The molecule has 1 unspecified atom stereocenters. The monoisotopic (exact) mass is 298 g/mol. The van der Waals surface area contributed by atoms with Crippen molar-refractivity contribution in [2.24, 2.45) is 5.92 Å². The number of sulfonamides is 1. The Morgan fingerprint density at radius 1 is 1.40 bits per heavy atom. The first-order valence-electron chi connectivity index (χ1n) is 6.84. The van der Waals surface area contributed by atoms with Crippen molar-refractivity contribution in [3.63, 3.8) is 0 Å². The van der Waals surface area contributed by atoms with Crippen LogP contribution in [-0.2, 0) is 10.0 Å². The molecule has 6 heteroatoms. The molecule has 5 nitrogen and oxygen atoms in total. The molecule has 0 spiro atoms. The summed E-state index contributed by atoms with van der Waals surface area (Å²) in [4.78, 5) is 0.335. The van der Waals surface area contributed by atoms with E-state index in [4.69, 9.17) is 10.8 Å². The zero-order chi connectivity index (χ0) is 14.9. The molecule has 1 atom stereocenters. The predicted molar refractivity (Wildman–Crippen MR) is 78.9 cm³/mol. The molecule has 1 saturated heterocycles. The summed E-state index contributed by atoms with van der Waals surface area (Å²) in [5, 5.41) is 8.97. The number of anilines is 1. The van der Waals surface area contributed by atoms with E-state index in [0.29, 0.717) is 35.7 Å². The van der Waals surface area contributed by atoms with Crippen LogP contribution in [0.4, 0.5) is 5.69 Å². The van der Waals surface area contributed by atoms with Gasteiger partial charge in [-0.15, -0.1) is 0 Å². The van der Waals surface area contributed by atoms with E-state index in [2.05, 4.69) is 0 Å². The maximum atomic E-state index is 12.8. The van der Waals surface area contributed by atoms with E-state index in [-0.39, 0.29) is 12.5 Å². The Morgan fingerprint density at radius 2 is 2.10 bits per heavy atom. The van der Waals surface area contributed by atoms with Crippen molar-refractivity contribution in [3.8, 4) is 0 Å². The number of aryl methyl sites for hydroxylation is 1. The average Bonchev–Trinajstić information content (AvgIpc) is 2.84. The highest BCUT2D eigenvalue weighted by atomic mass is 32.2. The Balaban J connectivity index is 2.35. The average molecular weight is 298 g/mol. The second-order valence-electron chi connectivity index (χ2n) is 5.46. The summed E-state index contributed by atoms with van der Waals surface area (Å²) in [6.45, 7) is 4.64. The molecule has 0 aliphatic carbocycles. The lowest BCUT2D eigenvalue weighted by Crippen LogP contribution is -2.30. The zero-order valence-corrected chi connectivity index (χ0v) is 12.8. The molecule has 112 valence electrons. The lowest BCUT2D eigenvalue weighted by molar-refractivity contribution is 0.259. The van der Waals surface area contributed by atoms with E-state index >= 15 is 0 Å². The van der Waals surface area contributed by atoms with Gasteiger partial charge in [0.25, 0.3) is 0 Å². The lowest BCUT2D eigenvalue weighted by Gasteiger charge is -2.20. The summed E-state index contributed by atoms with van der Waals surface area (Å²) in [5.74, 6) is 0.247. The Kier molecular flexibility index (Phi) is 4.36. The lowest BCUT2D eigenvalue weighted by atomic mass is 10.1. The third-order valence-electron chi connectivity index (χ3n) is 4.03. The van der Waals surface area contributed by atoms with Crippen LogP contribution in [0.15, 0.2) is 17.0 Å². The van der Waals surface area contributed by atoms with Crippen LogP contribution in [0.25, 0.3) is 0 Å². The molecule has 3 N–H and O–H groups in total. The van der Waals surface area contributed by atoms with Gasteiger partial charge in [0, 0.05) is 25.4 Å². The van der Waals surface area contributed by atoms with Crippen molar-refractivity contribution in [1.82, 2.24) is 4.31 Å². The van der Waals surface area contributed by atoms with Crippen molar-refractivity contribution < 1.29 is 13.5 Å². The first-order valence-corrected chi connectivity index (χ1v) is 8.28. The minimum absolute atomic E-state index is 0.106. The second kappa shape index (κ2) is 5.71. The van der Waals surface area contributed by atoms with Gasteiger partial charge in [0.15, 0.2) is 0 Å². The number of benzene rings is 1. The molecular formula is C14H22N2O3S. The molecule has 1 aromatic carbocycles. The standard InChI is InChI=1S/C14H22N2O3S/c1-10-3-4-13(15)11(2)14(10)20(18,19)16-7-5-12(9-16)6-8-17/h3-4,12,17H,5-9,15H2,1-2H3. The maximum Gasteiger partial charge on any atom is 0.243 e. The van der Waals surface area contributed by atoms with Crippen LogP contribution in [0.5, 0.6) is 0 Å². The SMILES string of the molecule is Cc1ccc(N)c(C)c1S(=O)(=O)N1CCC(CCO)C1. The fraction of sp³-hybridized carbons (Fsp3) is 0.571. The third-order valence-corrected chi connectivity index (χ3v) is 6.18. The molecule has 1 heterocycles. The maximum absolute atomic E-state index is 12.8. The Bertz CT molecular complexity index is 599. The molecule has 20 heavy (non-hydrogen) atoms. The van der Waals surface area contributed by atoms with Crippen LogP contribution in [0, 0.1) is 19.8 Å². The number of nitrogen functional groups attached to an aromatic ring is 1. The van der Waals surface area contributed by atoms with Gasteiger partial charge in [0.05, 0.1) is 4.90 Å². The van der Waals surface area contributed by atoms with Crippen LogP contribution in [0.2, 0.25) is 0 Å². The van der Waals surface area contributed by atoms with E-state index in [1.807, 2.05) is 0 Å². The molecule has 0 bridgehead atoms. The summed E-state index contributed by atoms with van der Waals surface area (Å²) in [5.41, 5.74) is 7.69. The molecule has 0 saturated carbocycles. The van der Waals surface area contributed by atoms with Crippen molar-refractivity contribution >= 4 is 15.7 Å². The van der Waals surface area contributed by atoms with Crippen LogP contribution in [-0.4, -0.2) is 37.5 Å². The summed E-state index contributed by atoms with van der Waals surface area (Å²) in [7, 11) is -3.50. The highest BCUT2D eigenvalue weighted by molar-refractivity contribution is 7.89. The summed E-state index contributed by atoms with van der Waals surface area (Å²) in [6.07, 6.45) is 1.46. The van der Waals surface area contributed by atoms with Gasteiger partial charge in [-0.25, -0.2) is 8.42 Å². The number of aliphatic hydroxyl groups is 1. The molecule has 1 aromatic rings. The van der Waals surface area contributed by atoms with Crippen molar-refractivity contribution in [2.75, 3.05) is 25.4 Å². The molecule has 2 rings (SSSR count). The number of nitrogens with two attached hydrogens (primary N) is 1. The van der Waals surface area contributed by atoms with E-state index in [1.54, 1.807) is 26.0 Å². The van der Waals surface area contributed by atoms with E-state index in [9.17, 15) is 8.42 Å². The van der Waals surface area contributed by atoms with Gasteiger partial charge < -0.3 is 10.8 Å². The Labute approximate surface area is 120 Å². The minimum atomic E-state index is -3.50. The van der Waals surface area contributed by atoms with E-state index in [0.717, 1.165) is 12.0 Å². The summed E-state index contributed by atoms with van der Waals surface area (Å²) in [6, 6.07) is 3.48. The van der Waals surface area contributed by atoms with Gasteiger partial charge in [0.2, 0.25) is 10.0 Å². The van der Waals surface area contributed by atoms with Crippen LogP contribution < -0.4 is 5.73 Å². The van der Waals surface area contributed by atoms with Crippen molar-refractivity contribution in [1.29, 1.82) is 0 Å². The first-order chi connectivity index (χ1) is 9.37. The number of nitrogens with zero attached hydrogens (tertiary/aromatic N) is 1. The highest BCUT2D eigenvalue weighted by Crippen LogP contribution is 2.31. The topological polar surface area (TPSA) is 83.6 Å².